The summed E-state index contributed by atoms with van der Waals surface area (Å²) in [6, 6.07) is 9.74. The van der Waals surface area contributed by atoms with E-state index in [9.17, 15) is 18.4 Å². The number of allylic oxidation sites excluding steroid dienone is 1. The Morgan fingerprint density at radius 2 is 1.81 bits per heavy atom. The topological polar surface area (TPSA) is 69.6 Å². The van der Waals surface area contributed by atoms with E-state index in [4.69, 9.17) is 5.11 Å². The molecule has 2 aromatic rings. The van der Waals surface area contributed by atoms with Crippen molar-refractivity contribution in [1.82, 2.24) is 10.2 Å². The Morgan fingerprint density at radius 1 is 1.11 bits per heavy atom. The first-order chi connectivity index (χ1) is 12.7. The average molecular weight is 374 g/mol. The third kappa shape index (κ3) is 5.13. The second-order valence-electron chi connectivity index (χ2n) is 6.14. The van der Waals surface area contributed by atoms with Crippen molar-refractivity contribution in [3.63, 3.8) is 0 Å². The molecule has 1 aliphatic heterocycles. The highest BCUT2D eigenvalue weighted by Crippen LogP contribution is 2.23. The molecule has 2 aromatic carbocycles. The molecule has 0 radical (unpaired) electrons. The highest BCUT2D eigenvalue weighted by molar-refractivity contribution is 5.87. The molecule has 1 unspecified atom stereocenters. The molecule has 0 saturated heterocycles. The lowest BCUT2D eigenvalue weighted by atomic mass is 10.0. The first-order valence-electron chi connectivity index (χ1n) is 8.16. The fraction of sp³-hybridized carbons (Fsp3) is 0.200. The van der Waals surface area contributed by atoms with Crippen molar-refractivity contribution in [3.05, 3.63) is 82.6 Å². The highest BCUT2D eigenvalue weighted by Gasteiger charge is 2.22. The lowest BCUT2D eigenvalue weighted by Crippen LogP contribution is -2.42. The van der Waals surface area contributed by atoms with Crippen molar-refractivity contribution < 1.29 is 23.5 Å². The van der Waals surface area contributed by atoms with Gasteiger partial charge >= 0.3 is 12.0 Å². The van der Waals surface area contributed by atoms with Crippen LogP contribution in [0.2, 0.25) is 0 Å². The predicted molar refractivity (Wildman–Crippen MR) is 97.3 cm³/mol. The number of hydrogen-bond donors (Lipinski definition) is 2. The fourth-order valence-electron chi connectivity index (χ4n) is 2.45. The van der Waals surface area contributed by atoms with Crippen LogP contribution in [-0.4, -0.2) is 29.1 Å². The average Bonchev–Trinajstić information content (AvgIpc) is 2.62. The van der Waals surface area contributed by atoms with Gasteiger partial charge in [-0.2, -0.15) is 0 Å². The Bertz CT molecular complexity index is 897. The van der Waals surface area contributed by atoms with Crippen LogP contribution in [0, 0.1) is 18.6 Å². The van der Waals surface area contributed by atoms with Crippen LogP contribution in [0.1, 0.15) is 34.5 Å². The largest absolute Gasteiger partial charge is 0.478 e. The summed E-state index contributed by atoms with van der Waals surface area (Å²) in [6.45, 7) is 3.65. The van der Waals surface area contributed by atoms with Gasteiger partial charge in [-0.25, -0.2) is 18.4 Å². The summed E-state index contributed by atoms with van der Waals surface area (Å²) in [5.41, 5.74) is 2.60. The number of halogens is 2. The van der Waals surface area contributed by atoms with E-state index < -0.39 is 23.6 Å². The minimum absolute atomic E-state index is 0.264. The summed E-state index contributed by atoms with van der Waals surface area (Å²) in [5.74, 6) is -2.68. The number of amides is 2. The number of carbonyl (C=O) groups is 2. The van der Waals surface area contributed by atoms with Crippen molar-refractivity contribution in [2.24, 2.45) is 0 Å². The minimum atomic E-state index is -0.915. The summed E-state index contributed by atoms with van der Waals surface area (Å²) < 4.78 is 25.9. The number of nitrogens with one attached hydrogen (secondary N) is 1. The molecule has 0 spiro atoms. The number of benzene rings is 2. The molecular weight excluding hydrogens is 354 g/mol. The lowest BCUT2D eigenvalue weighted by molar-refractivity contribution is 0.0696. The van der Waals surface area contributed by atoms with Gasteiger partial charge in [-0.15, -0.1) is 0 Å². The van der Waals surface area contributed by atoms with Gasteiger partial charge in [-0.1, -0.05) is 23.8 Å². The third-order valence-corrected chi connectivity index (χ3v) is 4.09. The van der Waals surface area contributed by atoms with E-state index in [0.29, 0.717) is 11.1 Å². The molecule has 0 bridgehead atoms. The molecule has 2 N–H and O–H groups in total. The van der Waals surface area contributed by atoms with E-state index in [0.717, 1.165) is 23.4 Å². The molecule has 142 valence electrons. The zero-order valence-electron chi connectivity index (χ0n) is 15.2. The van der Waals surface area contributed by atoms with Gasteiger partial charge in [-0.3, -0.25) is 0 Å². The smallest absolute Gasteiger partial charge is 0.335 e. The van der Waals surface area contributed by atoms with Gasteiger partial charge in [-0.05, 0) is 49.8 Å². The molecule has 1 aliphatic rings. The van der Waals surface area contributed by atoms with Crippen molar-refractivity contribution in [2.45, 2.75) is 19.9 Å². The molecule has 2 amide bonds. The lowest BCUT2D eigenvalue weighted by Gasteiger charge is -2.28. The zero-order valence-corrected chi connectivity index (χ0v) is 15.2. The maximum Gasteiger partial charge on any atom is 0.335 e. The number of hydrogen-bond acceptors (Lipinski definition) is 2. The maximum atomic E-state index is 13.1. The summed E-state index contributed by atoms with van der Waals surface area (Å²) in [4.78, 5) is 23.4. The molecule has 0 aliphatic carbocycles. The molecule has 1 heterocycles. The number of urea groups is 1. The number of rotatable bonds is 2. The first kappa shape index (κ1) is 20.1. The van der Waals surface area contributed by atoms with E-state index in [2.05, 4.69) is 5.32 Å². The van der Waals surface area contributed by atoms with Gasteiger partial charge in [0.1, 0.15) is 0 Å². The number of carbonyl (C=O) groups excluding carboxylic acids is 1. The Hall–Kier alpha value is -3.22. The molecular formula is C20H20F2N2O3. The maximum absolute atomic E-state index is 13.1. The summed E-state index contributed by atoms with van der Waals surface area (Å²) >= 11 is 0. The van der Waals surface area contributed by atoms with E-state index in [-0.39, 0.29) is 6.03 Å². The van der Waals surface area contributed by atoms with Gasteiger partial charge in [0.2, 0.25) is 0 Å². The van der Waals surface area contributed by atoms with Crippen LogP contribution >= 0.6 is 0 Å². The minimum Gasteiger partial charge on any atom is -0.478 e. The fourth-order valence-corrected chi connectivity index (χ4v) is 2.45. The van der Waals surface area contributed by atoms with Gasteiger partial charge in [0.05, 0.1) is 11.6 Å². The number of aryl methyl sites for hydroxylation is 1. The summed E-state index contributed by atoms with van der Waals surface area (Å²) in [6.07, 6.45) is 1.79. The number of carboxylic acid groups (broad SMARTS) is 1. The third-order valence-electron chi connectivity index (χ3n) is 4.09. The monoisotopic (exact) mass is 374 g/mol. The number of nitrogens with zero attached hydrogens (tertiary/aromatic N) is 1. The van der Waals surface area contributed by atoms with Crippen LogP contribution in [0.5, 0.6) is 0 Å². The molecule has 0 fully saturated rings. The quantitative estimate of drug-likeness (QED) is 0.825. The van der Waals surface area contributed by atoms with Crippen molar-refractivity contribution in [3.8, 4) is 0 Å². The summed E-state index contributed by atoms with van der Waals surface area (Å²) in [7, 11) is 1.64. The molecule has 5 nitrogen and oxygen atoms in total. The molecule has 27 heavy (non-hydrogen) atoms. The van der Waals surface area contributed by atoms with Crippen LogP contribution in [0.25, 0.3) is 0 Å². The second-order valence-corrected chi connectivity index (χ2v) is 6.14. The SMILES string of the molecule is CC1=CC(c2ccc(F)c(F)c2)NC(=O)N1C.Cc1cccc(C(=O)O)c1. The predicted octanol–water partition coefficient (Wildman–Crippen LogP) is 4.26. The Kier molecular flexibility index (Phi) is 6.28. The standard InChI is InChI=1S/C12H12F2N2O.C8H8O2/c1-7-5-11(15-12(17)16(7)2)8-3-4-9(13)10(14)6-8;1-6-3-2-4-7(5-6)8(9)10/h3-6,11H,1-2H3,(H,15,17);2-5H,1H3,(H,9,10). The van der Waals surface area contributed by atoms with E-state index >= 15 is 0 Å². The van der Waals surface area contributed by atoms with Crippen molar-refractivity contribution >= 4 is 12.0 Å². The normalized spacial score (nSPS) is 16.0. The van der Waals surface area contributed by atoms with E-state index in [1.165, 1.54) is 11.0 Å². The van der Waals surface area contributed by atoms with Gasteiger partial charge in [0.15, 0.2) is 11.6 Å². The van der Waals surface area contributed by atoms with Gasteiger partial charge in [0.25, 0.3) is 0 Å². The van der Waals surface area contributed by atoms with Crippen LogP contribution in [0.3, 0.4) is 0 Å². The van der Waals surface area contributed by atoms with Crippen molar-refractivity contribution in [1.29, 1.82) is 0 Å². The Labute approximate surface area is 155 Å². The van der Waals surface area contributed by atoms with Crippen LogP contribution in [0.4, 0.5) is 13.6 Å². The molecule has 3 rings (SSSR count). The number of carboxylic acids is 1. The van der Waals surface area contributed by atoms with Crippen molar-refractivity contribution in [2.75, 3.05) is 7.05 Å². The molecule has 1 atom stereocenters. The first-order valence-corrected chi connectivity index (χ1v) is 8.16. The van der Waals surface area contributed by atoms with Gasteiger partial charge in [0, 0.05) is 12.7 Å². The molecule has 7 heteroatoms. The van der Waals surface area contributed by atoms with Crippen LogP contribution in [0.15, 0.2) is 54.2 Å². The Balaban J connectivity index is 0.000000223. The van der Waals surface area contributed by atoms with Crippen LogP contribution in [-0.2, 0) is 0 Å². The van der Waals surface area contributed by atoms with E-state index in [1.807, 2.05) is 13.0 Å². The molecule has 0 saturated carbocycles. The Morgan fingerprint density at radius 3 is 2.33 bits per heavy atom. The number of aromatic carboxylic acids is 1. The highest BCUT2D eigenvalue weighted by atomic mass is 19.2. The van der Waals surface area contributed by atoms with Crippen LogP contribution < -0.4 is 5.32 Å². The van der Waals surface area contributed by atoms with Gasteiger partial charge < -0.3 is 15.3 Å². The second kappa shape index (κ2) is 8.44. The zero-order chi connectivity index (χ0) is 20.1. The van der Waals surface area contributed by atoms with E-state index in [1.54, 1.807) is 38.2 Å². The molecule has 0 aromatic heterocycles. The summed E-state index contributed by atoms with van der Waals surface area (Å²) in [5, 5.41) is 11.2.